The van der Waals surface area contributed by atoms with E-state index in [9.17, 15) is 0 Å². The van der Waals surface area contributed by atoms with Gasteiger partial charge in [0.25, 0.3) is 0 Å². The number of aromatic nitrogens is 2. The Labute approximate surface area is 109 Å². The fourth-order valence-electron chi connectivity index (χ4n) is 2.16. The van der Waals surface area contributed by atoms with Gasteiger partial charge in [0, 0.05) is 10.9 Å². The third-order valence-corrected chi connectivity index (χ3v) is 3.79. The predicted octanol–water partition coefficient (Wildman–Crippen LogP) is 3.56. The summed E-state index contributed by atoms with van der Waals surface area (Å²) in [5, 5.41) is 3.09. The Hall–Kier alpha value is -1.94. The third-order valence-electron chi connectivity index (χ3n) is 2.98. The number of nitrogens with two attached hydrogens (primary N) is 1. The van der Waals surface area contributed by atoms with Crippen LogP contribution in [0, 0.1) is 13.8 Å². The zero-order valence-electron chi connectivity index (χ0n) is 10.3. The fraction of sp³-hybridized carbons (Fsp3) is 0.143. The lowest BCUT2D eigenvalue weighted by molar-refractivity contribution is 1.24. The maximum absolute atomic E-state index is 5.79. The summed E-state index contributed by atoms with van der Waals surface area (Å²) >= 11 is 1.59. The molecular formula is C14H13N3S. The van der Waals surface area contributed by atoms with Crippen molar-refractivity contribution in [1.29, 1.82) is 0 Å². The van der Waals surface area contributed by atoms with Gasteiger partial charge in [0.1, 0.15) is 4.83 Å². The number of hydrogen-bond acceptors (Lipinski definition) is 4. The number of rotatable bonds is 1. The van der Waals surface area contributed by atoms with Crippen molar-refractivity contribution in [2.75, 3.05) is 5.73 Å². The van der Waals surface area contributed by atoms with Crippen molar-refractivity contribution in [3.8, 4) is 11.3 Å². The number of hydrogen-bond donors (Lipinski definition) is 1. The Bertz CT molecular complexity index is 731. The third kappa shape index (κ3) is 1.75. The van der Waals surface area contributed by atoms with Crippen LogP contribution in [0.25, 0.3) is 21.5 Å². The Morgan fingerprint density at radius 1 is 1.11 bits per heavy atom. The Morgan fingerprint density at radius 2 is 1.94 bits per heavy atom. The van der Waals surface area contributed by atoms with E-state index in [0.717, 1.165) is 21.5 Å². The molecule has 0 radical (unpaired) electrons. The lowest BCUT2D eigenvalue weighted by Crippen LogP contribution is -1.97. The van der Waals surface area contributed by atoms with Crippen LogP contribution in [0.2, 0.25) is 0 Å². The number of aryl methyl sites for hydroxylation is 2. The molecule has 0 bridgehead atoms. The van der Waals surface area contributed by atoms with E-state index < -0.39 is 0 Å². The highest BCUT2D eigenvalue weighted by molar-refractivity contribution is 7.16. The second-order valence-electron chi connectivity index (χ2n) is 4.39. The number of anilines is 1. The van der Waals surface area contributed by atoms with Gasteiger partial charge in [-0.1, -0.05) is 23.8 Å². The van der Waals surface area contributed by atoms with Gasteiger partial charge in [-0.2, -0.15) is 0 Å². The maximum Gasteiger partial charge on any atom is 0.221 e. The van der Waals surface area contributed by atoms with E-state index in [2.05, 4.69) is 42.0 Å². The molecule has 0 atom stereocenters. The van der Waals surface area contributed by atoms with Crippen molar-refractivity contribution in [2.24, 2.45) is 0 Å². The van der Waals surface area contributed by atoms with Crippen molar-refractivity contribution >= 4 is 27.5 Å². The molecule has 0 aliphatic carbocycles. The van der Waals surface area contributed by atoms with Crippen molar-refractivity contribution < 1.29 is 0 Å². The summed E-state index contributed by atoms with van der Waals surface area (Å²) < 4.78 is 0. The van der Waals surface area contributed by atoms with E-state index in [1.807, 2.05) is 11.4 Å². The molecule has 0 spiro atoms. The van der Waals surface area contributed by atoms with Gasteiger partial charge in [-0.25, -0.2) is 9.97 Å². The second-order valence-corrected chi connectivity index (χ2v) is 5.28. The molecule has 0 saturated heterocycles. The summed E-state index contributed by atoms with van der Waals surface area (Å²) in [6.45, 7) is 4.18. The first-order valence-electron chi connectivity index (χ1n) is 5.73. The predicted molar refractivity (Wildman–Crippen MR) is 76.7 cm³/mol. The average molecular weight is 255 g/mol. The summed E-state index contributed by atoms with van der Waals surface area (Å²) in [7, 11) is 0. The monoisotopic (exact) mass is 255 g/mol. The molecule has 2 N–H and O–H groups in total. The summed E-state index contributed by atoms with van der Waals surface area (Å²) in [5.41, 5.74) is 10.3. The molecular weight excluding hydrogens is 242 g/mol. The molecule has 3 rings (SSSR count). The van der Waals surface area contributed by atoms with Gasteiger partial charge in [0.2, 0.25) is 5.95 Å². The van der Waals surface area contributed by atoms with E-state index in [1.54, 1.807) is 11.3 Å². The van der Waals surface area contributed by atoms with E-state index >= 15 is 0 Å². The number of benzene rings is 1. The second kappa shape index (κ2) is 4.07. The summed E-state index contributed by atoms with van der Waals surface area (Å²) in [4.78, 5) is 9.60. The highest BCUT2D eigenvalue weighted by Crippen LogP contribution is 2.31. The van der Waals surface area contributed by atoms with Gasteiger partial charge >= 0.3 is 0 Å². The summed E-state index contributed by atoms with van der Waals surface area (Å²) in [6, 6.07) is 8.41. The molecule has 0 unspecified atom stereocenters. The van der Waals surface area contributed by atoms with Crippen molar-refractivity contribution in [1.82, 2.24) is 9.97 Å². The highest BCUT2D eigenvalue weighted by Gasteiger charge is 2.11. The number of nitrogens with zero attached hydrogens (tertiary/aromatic N) is 2. The molecule has 0 fully saturated rings. The number of fused-ring (bicyclic) bond motifs is 1. The average Bonchev–Trinajstić information content (AvgIpc) is 2.76. The molecule has 90 valence electrons. The molecule has 0 aliphatic rings. The van der Waals surface area contributed by atoms with Crippen LogP contribution in [-0.2, 0) is 0 Å². The maximum atomic E-state index is 5.79. The molecule has 18 heavy (non-hydrogen) atoms. The summed E-state index contributed by atoms with van der Waals surface area (Å²) in [5.74, 6) is 0.333. The van der Waals surface area contributed by atoms with Crippen molar-refractivity contribution in [3.63, 3.8) is 0 Å². The Balaban J connectivity index is 2.33. The zero-order valence-corrected chi connectivity index (χ0v) is 11.1. The SMILES string of the molecule is Cc1ccc(-c2nc(N)nc3sccc23)c(C)c1. The molecule has 1 aromatic carbocycles. The van der Waals surface area contributed by atoms with Crippen molar-refractivity contribution in [2.45, 2.75) is 13.8 Å². The van der Waals surface area contributed by atoms with Crippen molar-refractivity contribution in [3.05, 3.63) is 40.8 Å². The smallest absolute Gasteiger partial charge is 0.221 e. The fourth-order valence-corrected chi connectivity index (χ4v) is 2.93. The molecule has 4 heteroatoms. The molecule has 3 aromatic rings. The highest BCUT2D eigenvalue weighted by atomic mass is 32.1. The molecule has 3 nitrogen and oxygen atoms in total. The van der Waals surface area contributed by atoms with Crippen LogP contribution < -0.4 is 5.73 Å². The zero-order chi connectivity index (χ0) is 12.7. The van der Waals surface area contributed by atoms with Gasteiger partial charge in [0.15, 0.2) is 0 Å². The Morgan fingerprint density at radius 3 is 2.72 bits per heavy atom. The van der Waals surface area contributed by atoms with Crippen LogP contribution in [0.5, 0.6) is 0 Å². The molecule has 0 saturated carbocycles. The number of nitrogen functional groups attached to an aromatic ring is 1. The van der Waals surface area contributed by atoms with Gasteiger partial charge in [0.05, 0.1) is 5.69 Å². The molecule has 2 heterocycles. The summed E-state index contributed by atoms with van der Waals surface area (Å²) in [6.07, 6.45) is 0. The van der Waals surface area contributed by atoms with E-state index in [-0.39, 0.29) is 0 Å². The molecule has 0 aliphatic heterocycles. The van der Waals surface area contributed by atoms with Gasteiger partial charge in [-0.05, 0) is 30.9 Å². The van der Waals surface area contributed by atoms with Gasteiger partial charge < -0.3 is 5.73 Å². The molecule has 2 aromatic heterocycles. The van der Waals surface area contributed by atoms with E-state index in [4.69, 9.17) is 5.73 Å². The van der Waals surface area contributed by atoms with Crippen LogP contribution in [0.1, 0.15) is 11.1 Å². The molecule has 0 amide bonds. The quantitative estimate of drug-likeness (QED) is 0.723. The first-order chi connectivity index (χ1) is 8.65. The normalized spacial score (nSPS) is 11.0. The van der Waals surface area contributed by atoms with Crippen LogP contribution >= 0.6 is 11.3 Å². The standard InChI is InChI=1S/C14H13N3S/c1-8-3-4-10(9(2)7-8)12-11-5-6-18-13(11)17-14(15)16-12/h3-7H,1-2H3,(H2,15,16,17). The lowest BCUT2D eigenvalue weighted by atomic mass is 10.0. The number of thiophene rings is 1. The van der Waals surface area contributed by atoms with Crippen LogP contribution in [0.15, 0.2) is 29.6 Å². The van der Waals surface area contributed by atoms with Gasteiger partial charge in [-0.3, -0.25) is 0 Å². The minimum Gasteiger partial charge on any atom is -0.368 e. The first kappa shape index (κ1) is 11.2. The minimum absolute atomic E-state index is 0.333. The van der Waals surface area contributed by atoms with Crippen LogP contribution in [0.3, 0.4) is 0 Å². The minimum atomic E-state index is 0.333. The van der Waals surface area contributed by atoms with Crippen LogP contribution in [-0.4, -0.2) is 9.97 Å². The first-order valence-corrected chi connectivity index (χ1v) is 6.61. The van der Waals surface area contributed by atoms with E-state index in [0.29, 0.717) is 5.95 Å². The topological polar surface area (TPSA) is 51.8 Å². The lowest BCUT2D eigenvalue weighted by Gasteiger charge is -2.08. The Kier molecular flexibility index (Phi) is 2.52. The van der Waals surface area contributed by atoms with E-state index in [1.165, 1.54) is 11.1 Å². The van der Waals surface area contributed by atoms with Gasteiger partial charge in [-0.15, -0.1) is 11.3 Å². The van der Waals surface area contributed by atoms with Crippen LogP contribution in [0.4, 0.5) is 5.95 Å². The largest absolute Gasteiger partial charge is 0.368 e.